The van der Waals surface area contributed by atoms with Gasteiger partial charge in [0.25, 0.3) is 5.91 Å². The number of carbonyl (C=O) groups is 1. The van der Waals surface area contributed by atoms with Gasteiger partial charge in [0.05, 0.1) is 5.56 Å². The SMILES string of the molecule is Cc1onc(C(=O)Nc2ccc(Cc3ccncc3)cc2)c1COc1ccc(F)cc1F. The van der Waals surface area contributed by atoms with Gasteiger partial charge in [-0.1, -0.05) is 17.3 Å². The van der Waals surface area contributed by atoms with Crippen LogP contribution in [0.25, 0.3) is 0 Å². The van der Waals surface area contributed by atoms with E-state index >= 15 is 0 Å². The molecule has 0 radical (unpaired) electrons. The molecule has 0 aliphatic rings. The van der Waals surface area contributed by atoms with Crippen LogP contribution in [0.2, 0.25) is 0 Å². The molecular weight excluding hydrogens is 416 g/mol. The molecule has 0 atom stereocenters. The third-order valence-electron chi connectivity index (χ3n) is 4.84. The molecule has 0 saturated heterocycles. The minimum Gasteiger partial charge on any atom is -0.486 e. The van der Waals surface area contributed by atoms with Crippen LogP contribution >= 0.6 is 0 Å². The number of hydrogen-bond donors (Lipinski definition) is 1. The Balaban J connectivity index is 1.42. The van der Waals surface area contributed by atoms with Crippen molar-refractivity contribution >= 4 is 11.6 Å². The van der Waals surface area contributed by atoms with E-state index in [9.17, 15) is 13.6 Å². The number of ether oxygens (including phenoxy) is 1. The summed E-state index contributed by atoms with van der Waals surface area (Å²) in [7, 11) is 0. The van der Waals surface area contributed by atoms with Gasteiger partial charge in [0.2, 0.25) is 0 Å². The molecule has 4 aromatic rings. The molecule has 6 nitrogen and oxygen atoms in total. The number of aromatic nitrogens is 2. The topological polar surface area (TPSA) is 77.3 Å². The van der Waals surface area contributed by atoms with Crippen molar-refractivity contribution in [3.05, 3.63) is 107 Å². The highest BCUT2D eigenvalue weighted by Gasteiger charge is 2.21. The molecule has 0 aliphatic heterocycles. The van der Waals surface area contributed by atoms with E-state index in [-0.39, 0.29) is 18.1 Å². The molecule has 0 unspecified atom stereocenters. The van der Waals surface area contributed by atoms with Crippen LogP contribution in [0.4, 0.5) is 14.5 Å². The summed E-state index contributed by atoms with van der Waals surface area (Å²) in [6, 6.07) is 14.3. The zero-order valence-corrected chi connectivity index (χ0v) is 17.1. The summed E-state index contributed by atoms with van der Waals surface area (Å²) in [5.74, 6) is -1.80. The van der Waals surface area contributed by atoms with Crippen LogP contribution in [0.1, 0.15) is 32.9 Å². The van der Waals surface area contributed by atoms with E-state index in [1.165, 1.54) is 6.07 Å². The monoisotopic (exact) mass is 435 g/mol. The molecule has 2 aromatic carbocycles. The third-order valence-corrected chi connectivity index (χ3v) is 4.84. The van der Waals surface area contributed by atoms with Crippen molar-refractivity contribution in [2.45, 2.75) is 20.0 Å². The molecule has 162 valence electrons. The van der Waals surface area contributed by atoms with E-state index in [4.69, 9.17) is 9.26 Å². The quantitative estimate of drug-likeness (QED) is 0.438. The molecule has 0 saturated carbocycles. The van der Waals surface area contributed by atoms with Crippen LogP contribution in [-0.2, 0) is 13.0 Å². The Morgan fingerprint density at radius 3 is 2.47 bits per heavy atom. The van der Waals surface area contributed by atoms with Crippen molar-refractivity contribution in [1.82, 2.24) is 10.1 Å². The second kappa shape index (κ2) is 9.38. The van der Waals surface area contributed by atoms with Crippen LogP contribution in [-0.4, -0.2) is 16.0 Å². The number of hydrogen-bond acceptors (Lipinski definition) is 5. The van der Waals surface area contributed by atoms with Crippen molar-refractivity contribution in [1.29, 1.82) is 0 Å². The van der Waals surface area contributed by atoms with Gasteiger partial charge in [0, 0.05) is 24.1 Å². The highest BCUT2D eigenvalue weighted by Crippen LogP contribution is 2.22. The normalized spacial score (nSPS) is 10.7. The maximum atomic E-state index is 13.8. The van der Waals surface area contributed by atoms with Gasteiger partial charge in [0.15, 0.2) is 17.3 Å². The van der Waals surface area contributed by atoms with Gasteiger partial charge in [-0.2, -0.15) is 0 Å². The third kappa shape index (κ3) is 4.97. The Morgan fingerprint density at radius 1 is 1.03 bits per heavy atom. The molecule has 0 aliphatic carbocycles. The summed E-state index contributed by atoms with van der Waals surface area (Å²) in [5, 5.41) is 6.58. The van der Waals surface area contributed by atoms with E-state index in [0.29, 0.717) is 17.0 Å². The number of aryl methyl sites for hydroxylation is 1. The summed E-state index contributed by atoms with van der Waals surface area (Å²) < 4.78 is 37.4. The van der Waals surface area contributed by atoms with Crippen molar-refractivity contribution < 1.29 is 22.8 Å². The predicted octanol–water partition coefficient (Wildman–Crippen LogP) is 5.08. The second-order valence-corrected chi connectivity index (χ2v) is 7.11. The van der Waals surface area contributed by atoms with E-state index in [1.807, 2.05) is 24.3 Å². The maximum Gasteiger partial charge on any atom is 0.278 e. The van der Waals surface area contributed by atoms with Gasteiger partial charge in [-0.15, -0.1) is 0 Å². The second-order valence-electron chi connectivity index (χ2n) is 7.11. The Hall–Kier alpha value is -4.07. The summed E-state index contributed by atoms with van der Waals surface area (Å²) in [6.45, 7) is 1.46. The van der Waals surface area contributed by atoms with E-state index < -0.39 is 17.5 Å². The van der Waals surface area contributed by atoms with Crippen molar-refractivity contribution in [2.24, 2.45) is 0 Å². The minimum atomic E-state index is -0.836. The van der Waals surface area contributed by atoms with Crippen LogP contribution in [0.3, 0.4) is 0 Å². The predicted molar refractivity (Wildman–Crippen MR) is 113 cm³/mol. The Bertz CT molecular complexity index is 1230. The summed E-state index contributed by atoms with van der Waals surface area (Å²) >= 11 is 0. The van der Waals surface area contributed by atoms with Crippen LogP contribution < -0.4 is 10.1 Å². The molecule has 0 fully saturated rings. The van der Waals surface area contributed by atoms with Gasteiger partial charge in [-0.25, -0.2) is 8.78 Å². The minimum absolute atomic E-state index is 0.0332. The Labute approximate surface area is 182 Å². The average Bonchev–Trinajstić information content (AvgIpc) is 3.16. The van der Waals surface area contributed by atoms with Crippen LogP contribution in [0.5, 0.6) is 5.75 Å². The smallest absolute Gasteiger partial charge is 0.278 e. The van der Waals surface area contributed by atoms with Crippen molar-refractivity contribution in [3.63, 3.8) is 0 Å². The molecular formula is C24H19F2N3O3. The van der Waals surface area contributed by atoms with Gasteiger partial charge >= 0.3 is 0 Å². The first-order valence-corrected chi connectivity index (χ1v) is 9.82. The zero-order chi connectivity index (χ0) is 22.5. The maximum absolute atomic E-state index is 13.8. The fourth-order valence-electron chi connectivity index (χ4n) is 3.11. The van der Waals surface area contributed by atoms with Crippen LogP contribution in [0, 0.1) is 18.6 Å². The zero-order valence-electron chi connectivity index (χ0n) is 17.1. The highest BCUT2D eigenvalue weighted by atomic mass is 19.1. The van der Waals surface area contributed by atoms with Gasteiger partial charge in [0.1, 0.15) is 18.2 Å². The molecule has 2 heterocycles. The fourth-order valence-corrected chi connectivity index (χ4v) is 3.11. The fraction of sp³-hybridized carbons (Fsp3) is 0.125. The largest absolute Gasteiger partial charge is 0.486 e. The Kier molecular flexibility index (Phi) is 6.21. The molecule has 4 rings (SSSR count). The van der Waals surface area contributed by atoms with E-state index in [0.717, 1.165) is 29.7 Å². The number of amides is 1. The van der Waals surface area contributed by atoms with Gasteiger partial charge < -0.3 is 14.6 Å². The number of pyridine rings is 1. The number of rotatable bonds is 7. The van der Waals surface area contributed by atoms with Crippen molar-refractivity contribution in [2.75, 3.05) is 5.32 Å². The number of anilines is 1. The first-order valence-electron chi connectivity index (χ1n) is 9.82. The molecule has 8 heteroatoms. The van der Waals surface area contributed by atoms with Crippen molar-refractivity contribution in [3.8, 4) is 5.75 Å². The molecule has 1 N–H and O–H groups in total. The number of nitrogens with zero attached hydrogens (tertiary/aromatic N) is 2. The molecule has 32 heavy (non-hydrogen) atoms. The number of nitrogens with one attached hydrogen (secondary N) is 1. The standard InChI is InChI=1S/C24H19F2N3O3/c1-15-20(14-31-22-7-4-18(25)13-21(22)26)23(29-32-15)24(30)28-19-5-2-16(3-6-19)12-17-8-10-27-11-9-17/h2-11,13H,12,14H2,1H3,(H,28,30). The lowest BCUT2D eigenvalue weighted by Crippen LogP contribution is -2.15. The molecule has 0 bridgehead atoms. The van der Waals surface area contributed by atoms with Crippen LogP contribution in [0.15, 0.2) is 71.5 Å². The lowest BCUT2D eigenvalue weighted by atomic mass is 10.1. The lowest BCUT2D eigenvalue weighted by molar-refractivity contribution is 0.101. The average molecular weight is 435 g/mol. The summed E-state index contributed by atoms with van der Waals surface area (Å²) in [5.41, 5.74) is 3.22. The van der Waals surface area contributed by atoms with E-state index in [1.54, 1.807) is 31.5 Å². The molecule has 1 amide bonds. The number of halogens is 2. The first-order chi connectivity index (χ1) is 15.5. The lowest BCUT2D eigenvalue weighted by Gasteiger charge is -2.09. The molecule has 0 spiro atoms. The van der Waals surface area contributed by atoms with Gasteiger partial charge in [-0.3, -0.25) is 9.78 Å². The number of carbonyl (C=O) groups excluding carboxylic acids is 1. The summed E-state index contributed by atoms with van der Waals surface area (Å²) in [6.07, 6.45) is 4.24. The summed E-state index contributed by atoms with van der Waals surface area (Å²) in [4.78, 5) is 16.7. The first kappa shape index (κ1) is 21.2. The molecule has 2 aromatic heterocycles. The number of benzene rings is 2. The van der Waals surface area contributed by atoms with E-state index in [2.05, 4.69) is 15.5 Å². The van der Waals surface area contributed by atoms with Gasteiger partial charge in [-0.05, 0) is 60.9 Å². The highest BCUT2D eigenvalue weighted by molar-refractivity contribution is 6.03. The Morgan fingerprint density at radius 2 is 1.75 bits per heavy atom.